The van der Waals surface area contributed by atoms with Gasteiger partial charge in [-0.2, -0.15) is 4.98 Å². The maximum absolute atomic E-state index is 9.09. The molecule has 0 atom stereocenters. The molecule has 0 amide bonds. The fourth-order valence-corrected chi connectivity index (χ4v) is 1.13. The number of phenols is 1. The quantitative estimate of drug-likeness (QED) is 0.786. The van der Waals surface area contributed by atoms with E-state index in [-0.39, 0.29) is 5.75 Å². The Morgan fingerprint density at radius 1 is 1.29 bits per heavy atom. The van der Waals surface area contributed by atoms with Gasteiger partial charge in [-0.1, -0.05) is 12.1 Å². The minimum Gasteiger partial charge on any atom is -0.508 e. The van der Waals surface area contributed by atoms with E-state index in [4.69, 9.17) is 9.63 Å². The van der Waals surface area contributed by atoms with Crippen molar-refractivity contribution in [2.75, 3.05) is 0 Å². The number of phenolic OH excluding ortho intramolecular Hbond substituents is 1. The largest absolute Gasteiger partial charge is 0.508 e. The van der Waals surface area contributed by atoms with Gasteiger partial charge in [0.25, 0.3) is 0 Å². The summed E-state index contributed by atoms with van der Waals surface area (Å²) in [5, 5.41) is 12.9. The molecule has 14 heavy (non-hydrogen) atoms. The number of aromatic hydroxyl groups is 1. The summed E-state index contributed by atoms with van der Waals surface area (Å²) in [6.45, 7) is 1.95. The highest BCUT2D eigenvalue weighted by Crippen LogP contribution is 2.18. The van der Waals surface area contributed by atoms with Crippen LogP contribution in [0, 0.1) is 0 Å². The Hall–Kier alpha value is -1.84. The smallest absolute Gasteiger partial charge is 0.226 e. The van der Waals surface area contributed by atoms with E-state index in [0.29, 0.717) is 11.7 Å². The second kappa shape index (κ2) is 3.49. The van der Waals surface area contributed by atoms with Crippen LogP contribution in [0.15, 0.2) is 28.8 Å². The normalized spacial score (nSPS) is 10.4. The Balaban J connectivity index is 2.34. The molecular formula is C10H10N2O2. The zero-order valence-corrected chi connectivity index (χ0v) is 7.77. The Bertz CT molecular complexity index is 420. The SMILES string of the molecule is CCc1nc(-c2ccc(O)cc2)no1. The summed E-state index contributed by atoms with van der Waals surface area (Å²) in [5.41, 5.74) is 0.839. The lowest BCUT2D eigenvalue weighted by Crippen LogP contribution is -1.81. The van der Waals surface area contributed by atoms with E-state index in [2.05, 4.69) is 10.1 Å². The van der Waals surface area contributed by atoms with E-state index in [1.54, 1.807) is 24.3 Å². The van der Waals surface area contributed by atoms with Gasteiger partial charge in [-0.05, 0) is 24.3 Å². The maximum Gasteiger partial charge on any atom is 0.226 e. The third-order valence-corrected chi connectivity index (χ3v) is 1.90. The van der Waals surface area contributed by atoms with Crippen molar-refractivity contribution in [2.45, 2.75) is 13.3 Å². The Kier molecular flexibility index (Phi) is 2.18. The second-order valence-electron chi connectivity index (χ2n) is 2.91. The molecule has 0 saturated carbocycles. The van der Waals surface area contributed by atoms with Crippen molar-refractivity contribution >= 4 is 0 Å². The van der Waals surface area contributed by atoms with Crippen molar-refractivity contribution in [3.05, 3.63) is 30.2 Å². The summed E-state index contributed by atoms with van der Waals surface area (Å²) in [6, 6.07) is 6.69. The number of hydrogen-bond acceptors (Lipinski definition) is 4. The fraction of sp³-hybridized carbons (Fsp3) is 0.200. The average molecular weight is 190 g/mol. The molecule has 0 spiro atoms. The molecule has 0 aliphatic rings. The number of nitrogens with zero attached hydrogens (tertiary/aromatic N) is 2. The molecule has 0 aliphatic heterocycles. The first-order valence-corrected chi connectivity index (χ1v) is 4.41. The lowest BCUT2D eigenvalue weighted by atomic mass is 10.2. The van der Waals surface area contributed by atoms with Gasteiger partial charge in [-0.15, -0.1) is 0 Å². The molecule has 4 heteroatoms. The predicted octanol–water partition coefficient (Wildman–Crippen LogP) is 2.00. The fourth-order valence-electron chi connectivity index (χ4n) is 1.13. The molecule has 0 bridgehead atoms. The number of rotatable bonds is 2. The Morgan fingerprint density at radius 2 is 2.00 bits per heavy atom. The van der Waals surface area contributed by atoms with E-state index >= 15 is 0 Å². The van der Waals surface area contributed by atoms with Gasteiger partial charge in [0.1, 0.15) is 5.75 Å². The lowest BCUT2D eigenvalue weighted by molar-refractivity contribution is 0.383. The molecule has 1 aromatic carbocycles. The summed E-state index contributed by atoms with van der Waals surface area (Å²) in [4.78, 5) is 4.17. The van der Waals surface area contributed by atoms with Gasteiger partial charge in [0, 0.05) is 12.0 Å². The van der Waals surface area contributed by atoms with Gasteiger partial charge >= 0.3 is 0 Å². The minimum absolute atomic E-state index is 0.230. The maximum atomic E-state index is 9.09. The van der Waals surface area contributed by atoms with Crippen LogP contribution in [-0.2, 0) is 6.42 Å². The van der Waals surface area contributed by atoms with Gasteiger partial charge < -0.3 is 9.63 Å². The topological polar surface area (TPSA) is 59.2 Å². The van der Waals surface area contributed by atoms with E-state index in [1.807, 2.05) is 6.92 Å². The van der Waals surface area contributed by atoms with Gasteiger partial charge in [-0.3, -0.25) is 0 Å². The predicted molar refractivity (Wildman–Crippen MR) is 50.8 cm³/mol. The lowest BCUT2D eigenvalue weighted by Gasteiger charge is -1.93. The molecule has 0 aliphatic carbocycles. The van der Waals surface area contributed by atoms with Crippen molar-refractivity contribution in [1.82, 2.24) is 10.1 Å². The molecule has 1 aromatic heterocycles. The molecule has 0 radical (unpaired) electrons. The molecule has 4 nitrogen and oxygen atoms in total. The van der Waals surface area contributed by atoms with Crippen LogP contribution in [0.2, 0.25) is 0 Å². The summed E-state index contributed by atoms with van der Waals surface area (Å²) >= 11 is 0. The van der Waals surface area contributed by atoms with Crippen LogP contribution in [0.5, 0.6) is 5.75 Å². The number of aromatic nitrogens is 2. The molecule has 0 fully saturated rings. The van der Waals surface area contributed by atoms with Crippen LogP contribution in [0.3, 0.4) is 0 Å². The summed E-state index contributed by atoms with van der Waals surface area (Å²) in [5.74, 6) is 1.41. The third-order valence-electron chi connectivity index (χ3n) is 1.90. The zero-order valence-electron chi connectivity index (χ0n) is 7.77. The zero-order chi connectivity index (χ0) is 9.97. The Morgan fingerprint density at radius 3 is 2.57 bits per heavy atom. The van der Waals surface area contributed by atoms with Crippen molar-refractivity contribution < 1.29 is 9.63 Å². The van der Waals surface area contributed by atoms with E-state index in [9.17, 15) is 0 Å². The first kappa shape index (κ1) is 8.74. The standard InChI is InChI=1S/C10H10N2O2/c1-2-9-11-10(12-14-9)7-3-5-8(13)6-4-7/h3-6,13H,2H2,1H3. The van der Waals surface area contributed by atoms with Gasteiger partial charge in [0.2, 0.25) is 11.7 Å². The van der Waals surface area contributed by atoms with Crippen LogP contribution in [-0.4, -0.2) is 15.2 Å². The minimum atomic E-state index is 0.230. The van der Waals surface area contributed by atoms with E-state index < -0.39 is 0 Å². The second-order valence-corrected chi connectivity index (χ2v) is 2.91. The molecule has 1 N–H and O–H groups in total. The van der Waals surface area contributed by atoms with E-state index in [0.717, 1.165) is 12.0 Å². The van der Waals surface area contributed by atoms with Crippen LogP contribution in [0.4, 0.5) is 0 Å². The van der Waals surface area contributed by atoms with Gasteiger partial charge in [-0.25, -0.2) is 0 Å². The van der Waals surface area contributed by atoms with E-state index in [1.165, 1.54) is 0 Å². The molecule has 2 aromatic rings. The van der Waals surface area contributed by atoms with Crippen molar-refractivity contribution in [3.63, 3.8) is 0 Å². The highest BCUT2D eigenvalue weighted by molar-refractivity contribution is 5.55. The molecule has 0 unspecified atom stereocenters. The summed E-state index contributed by atoms with van der Waals surface area (Å²) < 4.78 is 4.97. The first-order chi connectivity index (χ1) is 6.79. The van der Waals surface area contributed by atoms with Crippen molar-refractivity contribution in [3.8, 4) is 17.1 Å². The first-order valence-electron chi connectivity index (χ1n) is 4.41. The summed E-state index contributed by atoms with van der Waals surface area (Å²) in [6.07, 6.45) is 0.727. The molecule has 0 saturated heterocycles. The van der Waals surface area contributed by atoms with Gasteiger partial charge in [0.05, 0.1) is 0 Å². The third kappa shape index (κ3) is 1.59. The number of hydrogen-bond donors (Lipinski definition) is 1. The molecule has 1 heterocycles. The number of aryl methyl sites for hydroxylation is 1. The van der Waals surface area contributed by atoms with Crippen LogP contribution >= 0.6 is 0 Å². The molecule has 2 rings (SSSR count). The van der Waals surface area contributed by atoms with Crippen LogP contribution < -0.4 is 0 Å². The van der Waals surface area contributed by atoms with Crippen molar-refractivity contribution in [1.29, 1.82) is 0 Å². The van der Waals surface area contributed by atoms with Crippen LogP contribution in [0.1, 0.15) is 12.8 Å². The summed E-state index contributed by atoms with van der Waals surface area (Å²) in [7, 11) is 0. The van der Waals surface area contributed by atoms with Gasteiger partial charge in [0.15, 0.2) is 0 Å². The molecule has 72 valence electrons. The average Bonchev–Trinajstić information content (AvgIpc) is 2.67. The van der Waals surface area contributed by atoms with Crippen LogP contribution in [0.25, 0.3) is 11.4 Å². The molecular weight excluding hydrogens is 180 g/mol. The monoisotopic (exact) mass is 190 g/mol. The van der Waals surface area contributed by atoms with Crippen molar-refractivity contribution in [2.24, 2.45) is 0 Å². The highest BCUT2D eigenvalue weighted by atomic mass is 16.5. The number of benzene rings is 1. The Labute approximate surface area is 81.2 Å². The highest BCUT2D eigenvalue weighted by Gasteiger charge is 2.06.